The van der Waals surface area contributed by atoms with E-state index in [1.54, 1.807) is 35.4 Å². The number of nitrogens with zero attached hydrogens (tertiary/aromatic N) is 2. The molecule has 1 aromatic heterocycles. The first-order valence-corrected chi connectivity index (χ1v) is 9.88. The normalized spacial score (nSPS) is 22.2. The van der Waals surface area contributed by atoms with E-state index in [1.165, 1.54) is 6.08 Å². The van der Waals surface area contributed by atoms with Gasteiger partial charge in [-0.2, -0.15) is 0 Å². The van der Waals surface area contributed by atoms with Crippen LogP contribution >= 0.6 is 11.3 Å². The van der Waals surface area contributed by atoms with Crippen LogP contribution in [0.4, 0.5) is 0 Å². The number of carbonyl (C=O) groups excluding carboxylic acids is 1. The monoisotopic (exact) mass is 342 g/mol. The predicted octanol–water partition coefficient (Wildman–Crippen LogP) is 2.10. The second-order valence-electron chi connectivity index (χ2n) is 6.65. The fourth-order valence-corrected chi connectivity index (χ4v) is 4.72. The molecule has 5 nitrogen and oxygen atoms in total. The number of amides is 1. The molecule has 2 rings (SSSR count). The molecule has 1 aromatic rings. The Morgan fingerprint density at radius 1 is 1.45 bits per heavy atom. The third-order valence-corrected chi connectivity index (χ3v) is 6.69. The van der Waals surface area contributed by atoms with Crippen LogP contribution in [0.25, 0.3) is 6.08 Å². The smallest absolute Gasteiger partial charge is 0.246 e. The summed E-state index contributed by atoms with van der Waals surface area (Å²) in [6, 6.07) is -0.275. The third-order valence-electron chi connectivity index (χ3n) is 3.51. The molecule has 122 valence electrons. The summed E-state index contributed by atoms with van der Waals surface area (Å²) in [5, 5.41) is 1.03. The summed E-state index contributed by atoms with van der Waals surface area (Å²) in [6.07, 6.45) is 5.03. The van der Waals surface area contributed by atoms with Crippen LogP contribution in [0.2, 0.25) is 0 Å². The van der Waals surface area contributed by atoms with Crippen molar-refractivity contribution in [2.24, 2.45) is 0 Å². The van der Waals surface area contributed by atoms with Gasteiger partial charge in [-0.05, 0) is 13.0 Å². The zero-order chi connectivity index (χ0) is 16.5. The number of carbonyl (C=O) groups is 1. The van der Waals surface area contributed by atoms with Crippen LogP contribution in [0.5, 0.6) is 0 Å². The zero-order valence-corrected chi connectivity index (χ0v) is 15.0. The molecule has 0 N–H and O–H groups in total. The maximum atomic E-state index is 12.2. The standard InChI is InChI=1S/C15H22N2O3S2/c1-11-10-22(19,20)8-7-17(11)13(18)6-5-12-9-16-14(21-12)15(2,3)4/h5-6,9,11H,7-8,10H2,1-4H3/b6-5-/t11-/m1/s1. The second kappa shape index (κ2) is 6.12. The topological polar surface area (TPSA) is 67.3 Å². The molecule has 1 fully saturated rings. The molecule has 0 spiro atoms. The van der Waals surface area contributed by atoms with Crippen LogP contribution < -0.4 is 0 Å². The zero-order valence-electron chi connectivity index (χ0n) is 13.4. The lowest BCUT2D eigenvalue weighted by Gasteiger charge is -2.32. The van der Waals surface area contributed by atoms with Gasteiger partial charge in [-0.1, -0.05) is 20.8 Å². The Kier molecular flexibility index (Phi) is 4.77. The van der Waals surface area contributed by atoms with Gasteiger partial charge in [-0.15, -0.1) is 11.3 Å². The van der Waals surface area contributed by atoms with E-state index in [2.05, 4.69) is 25.8 Å². The van der Waals surface area contributed by atoms with Crippen LogP contribution in [-0.2, 0) is 20.0 Å². The second-order valence-corrected chi connectivity index (χ2v) is 9.94. The van der Waals surface area contributed by atoms with Crippen molar-refractivity contribution in [2.75, 3.05) is 18.1 Å². The molecule has 0 aliphatic carbocycles. The minimum absolute atomic E-state index is 0.00346. The van der Waals surface area contributed by atoms with E-state index in [0.717, 1.165) is 9.88 Å². The van der Waals surface area contributed by atoms with Gasteiger partial charge in [0.15, 0.2) is 9.84 Å². The van der Waals surface area contributed by atoms with E-state index in [-0.39, 0.29) is 35.4 Å². The molecule has 0 radical (unpaired) electrons. The SMILES string of the molecule is C[C@@H]1CS(=O)(=O)CCN1C(=O)/C=C\c1cnc(C(C)(C)C)s1. The van der Waals surface area contributed by atoms with Crippen molar-refractivity contribution in [3.8, 4) is 0 Å². The van der Waals surface area contributed by atoms with Gasteiger partial charge in [-0.3, -0.25) is 4.79 Å². The van der Waals surface area contributed by atoms with Crippen LogP contribution in [0.3, 0.4) is 0 Å². The molecular formula is C15H22N2O3S2. The molecule has 1 atom stereocenters. The summed E-state index contributed by atoms with van der Waals surface area (Å²) in [5.74, 6) is -0.0550. The molecule has 22 heavy (non-hydrogen) atoms. The summed E-state index contributed by atoms with van der Waals surface area (Å²) in [6.45, 7) is 8.33. The van der Waals surface area contributed by atoms with Gasteiger partial charge >= 0.3 is 0 Å². The first-order valence-electron chi connectivity index (χ1n) is 7.24. The molecule has 2 heterocycles. The number of hydrogen-bond acceptors (Lipinski definition) is 5. The van der Waals surface area contributed by atoms with Crippen LogP contribution in [0.1, 0.15) is 37.6 Å². The summed E-state index contributed by atoms with van der Waals surface area (Å²) in [4.78, 5) is 19.1. The Morgan fingerprint density at radius 3 is 2.68 bits per heavy atom. The van der Waals surface area contributed by atoms with Crippen molar-refractivity contribution < 1.29 is 13.2 Å². The van der Waals surface area contributed by atoms with E-state index in [0.29, 0.717) is 0 Å². The highest BCUT2D eigenvalue weighted by atomic mass is 32.2. The summed E-state index contributed by atoms with van der Waals surface area (Å²) in [5.41, 5.74) is -0.00346. The third kappa shape index (κ3) is 4.16. The van der Waals surface area contributed by atoms with Crippen LogP contribution in [-0.4, -0.2) is 48.3 Å². The van der Waals surface area contributed by atoms with Crippen LogP contribution in [0, 0.1) is 0 Å². The minimum Gasteiger partial charge on any atom is -0.334 e. The Labute approximate surface area is 136 Å². The summed E-state index contributed by atoms with van der Waals surface area (Å²) < 4.78 is 23.1. The van der Waals surface area contributed by atoms with Crippen LogP contribution in [0.15, 0.2) is 12.3 Å². The van der Waals surface area contributed by atoms with E-state index >= 15 is 0 Å². The van der Waals surface area contributed by atoms with Crippen molar-refractivity contribution in [1.82, 2.24) is 9.88 Å². The van der Waals surface area contributed by atoms with Gasteiger partial charge in [0, 0.05) is 35.2 Å². The average molecular weight is 342 g/mol. The fourth-order valence-electron chi connectivity index (χ4n) is 2.29. The fraction of sp³-hybridized carbons (Fsp3) is 0.600. The van der Waals surface area contributed by atoms with E-state index in [1.807, 2.05) is 0 Å². The molecule has 1 amide bonds. The number of sulfone groups is 1. The average Bonchev–Trinajstić information content (AvgIpc) is 2.83. The van der Waals surface area contributed by atoms with Crippen molar-refractivity contribution in [3.63, 3.8) is 0 Å². The number of aromatic nitrogens is 1. The predicted molar refractivity (Wildman–Crippen MR) is 89.7 cm³/mol. The maximum Gasteiger partial charge on any atom is 0.246 e. The number of thiazole rings is 1. The van der Waals surface area contributed by atoms with Gasteiger partial charge in [0.2, 0.25) is 5.91 Å². The highest BCUT2D eigenvalue weighted by Crippen LogP contribution is 2.27. The maximum absolute atomic E-state index is 12.2. The Morgan fingerprint density at radius 2 is 2.14 bits per heavy atom. The van der Waals surface area contributed by atoms with Crippen molar-refractivity contribution in [2.45, 2.75) is 39.2 Å². The van der Waals surface area contributed by atoms with Gasteiger partial charge in [0.05, 0.1) is 16.5 Å². The Hall–Kier alpha value is -1.21. The van der Waals surface area contributed by atoms with Gasteiger partial charge in [0.1, 0.15) is 0 Å². The highest BCUT2D eigenvalue weighted by molar-refractivity contribution is 7.91. The Bertz CT molecular complexity index is 684. The molecule has 0 saturated carbocycles. The quantitative estimate of drug-likeness (QED) is 0.772. The number of rotatable bonds is 2. The van der Waals surface area contributed by atoms with Gasteiger partial charge in [-0.25, -0.2) is 13.4 Å². The first kappa shape index (κ1) is 17.1. The molecule has 0 aromatic carbocycles. The molecule has 1 saturated heterocycles. The molecular weight excluding hydrogens is 320 g/mol. The molecule has 7 heteroatoms. The van der Waals surface area contributed by atoms with E-state index in [9.17, 15) is 13.2 Å². The van der Waals surface area contributed by atoms with E-state index < -0.39 is 9.84 Å². The van der Waals surface area contributed by atoms with Crippen molar-refractivity contribution >= 4 is 33.2 Å². The van der Waals surface area contributed by atoms with Gasteiger partial charge in [0.25, 0.3) is 0 Å². The van der Waals surface area contributed by atoms with Gasteiger partial charge < -0.3 is 4.90 Å². The lowest BCUT2D eigenvalue weighted by molar-refractivity contribution is -0.127. The molecule has 1 aliphatic rings. The number of hydrogen-bond donors (Lipinski definition) is 0. The highest BCUT2D eigenvalue weighted by Gasteiger charge is 2.30. The largest absolute Gasteiger partial charge is 0.334 e. The lowest BCUT2D eigenvalue weighted by atomic mass is 9.98. The summed E-state index contributed by atoms with van der Waals surface area (Å²) >= 11 is 1.56. The Balaban J connectivity index is 2.04. The molecule has 1 aliphatic heterocycles. The van der Waals surface area contributed by atoms with E-state index in [4.69, 9.17) is 0 Å². The molecule has 0 bridgehead atoms. The van der Waals surface area contributed by atoms with Crippen molar-refractivity contribution in [1.29, 1.82) is 0 Å². The first-order chi connectivity index (χ1) is 10.1. The minimum atomic E-state index is -3.00. The molecule has 0 unspecified atom stereocenters. The van der Waals surface area contributed by atoms with Crippen molar-refractivity contribution in [3.05, 3.63) is 22.2 Å². The lowest BCUT2D eigenvalue weighted by Crippen LogP contribution is -2.49. The summed E-state index contributed by atoms with van der Waals surface area (Å²) in [7, 11) is -3.00.